The molecule has 1 aliphatic rings. The molecular weight excluding hydrogens is 322 g/mol. The molecule has 128 valence electrons. The zero-order valence-electron chi connectivity index (χ0n) is 14.1. The molecular formula is C19H23NO3S. The summed E-state index contributed by atoms with van der Waals surface area (Å²) in [6.45, 7) is 2.49. The molecule has 2 aromatic rings. The van der Waals surface area contributed by atoms with E-state index in [-0.39, 0.29) is 6.04 Å². The molecule has 0 N–H and O–H groups in total. The van der Waals surface area contributed by atoms with Gasteiger partial charge in [0.25, 0.3) is 0 Å². The van der Waals surface area contributed by atoms with E-state index < -0.39 is 10.0 Å². The second kappa shape index (κ2) is 6.95. The highest BCUT2D eigenvalue weighted by Gasteiger charge is 2.35. The lowest BCUT2D eigenvalue weighted by molar-refractivity contribution is 0.250. The highest BCUT2D eigenvalue weighted by Crippen LogP contribution is 2.39. The number of para-hydroxylation sites is 1. The fraction of sp³-hybridized carbons (Fsp3) is 0.368. The number of piperidine rings is 1. The van der Waals surface area contributed by atoms with Gasteiger partial charge in [0.15, 0.2) is 0 Å². The van der Waals surface area contributed by atoms with Gasteiger partial charge in [-0.2, -0.15) is 4.31 Å². The maximum atomic E-state index is 13.2. The zero-order chi connectivity index (χ0) is 17.2. The van der Waals surface area contributed by atoms with Crippen LogP contribution in [0.3, 0.4) is 0 Å². The van der Waals surface area contributed by atoms with Crippen molar-refractivity contribution in [2.45, 2.75) is 37.1 Å². The van der Waals surface area contributed by atoms with E-state index in [0.717, 1.165) is 36.1 Å². The summed E-state index contributed by atoms with van der Waals surface area (Å²) in [7, 11) is -1.90. The molecule has 2 aromatic carbocycles. The average Bonchev–Trinajstić information content (AvgIpc) is 2.62. The summed E-state index contributed by atoms with van der Waals surface area (Å²) in [5.41, 5.74) is 1.99. The van der Waals surface area contributed by atoms with Gasteiger partial charge in [-0.1, -0.05) is 42.3 Å². The Morgan fingerprint density at radius 1 is 1.04 bits per heavy atom. The van der Waals surface area contributed by atoms with E-state index in [2.05, 4.69) is 0 Å². The lowest BCUT2D eigenvalue weighted by Crippen LogP contribution is -2.38. The number of hydrogen-bond donors (Lipinski definition) is 0. The molecule has 0 bridgehead atoms. The smallest absolute Gasteiger partial charge is 0.243 e. The summed E-state index contributed by atoms with van der Waals surface area (Å²) in [6, 6.07) is 14.6. The number of ether oxygens (including phenoxy) is 1. The molecule has 3 rings (SSSR count). The molecule has 0 spiro atoms. The summed E-state index contributed by atoms with van der Waals surface area (Å²) in [5, 5.41) is 0. The second-order valence-corrected chi connectivity index (χ2v) is 8.07. The number of nitrogens with zero attached hydrogens (tertiary/aromatic N) is 1. The van der Waals surface area contributed by atoms with Crippen LogP contribution in [-0.2, 0) is 10.0 Å². The quantitative estimate of drug-likeness (QED) is 0.844. The Morgan fingerprint density at radius 2 is 1.75 bits per heavy atom. The molecule has 1 aliphatic heterocycles. The normalized spacial score (nSPS) is 19.2. The monoisotopic (exact) mass is 345 g/mol. The molecule has 0 amide bonds. The highest BCUT2D eigenvalue weighted by molar-refractivity contribution is 7.89. The van der Waals surface area contributed by atoms with E-state index in [1.807, 2.05) is 43.3 Å². The van der Waals surface area contributed by atoms with Crippen molar-refractivity contribution in [3.8, 4) is 5.75 Å². The first kappa shape index (κ1) is 17.0. The van der Waals surface area contributed by atoms with Gasteiger partial charge in [-0.3, -0.25) is 0 Å². The Balaban J connectivity index is 2.02. The maximum absolute atomic E-state index is 13.2. The summed E-state index contributed by atoms with van der Waals surface area (Å²) in [5.74, 6) is 0.744. The van der Waals surface area contributed by atoms with Crippen molar-refractivity contribution >= 4 is 10.0 Å². The van der Waals surface area contributed by atoms with Crippen LogP contribution in [0.2, 0.25) is 0 Å². The third-order valence-electron chi connectivity index (χ3n) is 4.58. The van der Waals surface area contributed by atoms with Gasteiger partial charge in [0.2, 0.25) is 10.0 Å². The van der Waals surface area contributed by atoms with Crippen molar-refractivity contribution < 1.29 is 13.2 Å². The first-order valence-corrected chi connectivity index (χ1v) is 9.69. The Morgan fingerprint density at radius 3 is 2.46 bits per heavy atom. The van der Waals surface area contributed by atoms with Crippen LogP contribution in [0.25, 0.3) is 0 Å². The molecule has 1 heterocycles. The predicted octanol–water partition coefficient (Wildman–Crippen LogP) is 3.92. The van der Waals surface area contributed by atoms with Crippen LogP contribution in [0.15, 0.2) is 53.4 Å². The average molecular weight is 345 g/mol. The third-order valence-corrected chi connectivity index (χ3v) is 6.50. The van der Waals surface area contributed by atoms with Crippen molar-refractivity contribution in [1.29, 1.82) is 0 Å². The Kier molecular flexibility index (Phi) is 4.92. The van der Waals surface area contributed by atoms with Crippen LogP contribution < -0.4 is 4.74 Å². The molecule has 24 heavy (non-hydrogen) atoms. The fourth-order valence-electron chi connectivity index (χ4n) is 3.29. The molecule has 1 atom stereocenters. The molecule has 0 saturated carbocycles. The predicted molar refractivity (Wildman–Crippen MR) is 94.7 cm³/mol. The van der Waals surface area contributed by atoms with Crippen LogP contribution >= 0.6 is 0 Å². The van der Waals surface area contributed by atoms with Gasteiger partial charge in [0.1, 0.15) is 5.75 Å². The van der Waals surface area contributed by atoms with Gasteiger partial charge in [-0.25, -0.2) is 8.42 Å². The van der Waals surface area contributed by atoms with E-state index in [1.165, 1.54) is 0 Å². The number of aryl methyl sites for hydroxylation is 1. The molecule has 4 nitrogen and oxygen atoms in total. The maximum Gasteiger partial charge on any atom is 0.243 e. The zero-order valence-corrected chi connectivity index (χ0v) is 14.9. The van der Waals surface area contributed by atoms with Crippen LogP contribution in [0.5, 0.6) is 5.75 Å². The van der Waals surface area contributed by atoms with Gasteiger partial charge in [-0.15, -0.1) is 0 Å². The Bertz CT molecular complexity index is 800. The largest absolute Gasteiger partial charge is 0.496 e. The fourth-order valence-corrected chi connectivity index (χ4v) is 4.97. The standard InChI is InChI=1S/C19H23NO3S/c1-15-10-12-16(13-11-15)24(21,22)20-14-6-5-8-18(20)17-7-3-4-9-19(17)23-2/h3-4,7,9-13,18H,5-6,8,14H2,1-2H3/t18-/m0/s1. The van der Waals surface area contributed by atoms with Crippen molar-refractivity contribution in [1.82, 2.24) is 4.31 Å². The number of benzene rings is 2. The number of hydrogen-bond acceptors (Lipinski definition) is 3. The van der Waals surface area contributed by atoms with Gasteiger partial charge in [0, 0.05) is 12.1 Å². The number of sulfonamides is 1. The van der Waals surface area contributed by atoms with Crippen LogP contribution in [0.1, 0.15) is 36.4 Å². The van der Waals surface area contributed by atoms with Crippen LogP contribution in [-0.4, -0.2) is 26.4 Å². The third kappa shape index (κ3) is 3.19. The van der Waals surface area contributed by atoms with Crippen molar-refractivity contribution in [2.24, 2.45) is 0 Å². The van der Waals surface area contributed by atoms with Gasteiger partial charge in [0.05, 0.1) is 18.0 Å². The van der Waals surface area contributed by atoms with E-state index in [0.29, 0.717) is 11.4 Å². The molecule has 0 aromatic heterocycles. The summed E-state index contributed by atoms with van der Waals surface area (Å²) in [4.78, 5) is 0.356. The molecule has 0 aliphatic carbocycles. The number of rotatable bonds is 4. The number of methoxy groups -OCH3 is 1. The minimum absolute atomic E-state index is 0.179. The molecule has 0 radical (unpaired) electrons. The highest BCUT2D eigenvalue weighted by atomic mass is 32.2. The topological polar surface area (TPSA) is 46.6 Å². The summed E-state index contributed by atoms with van der Waals surface area (Å²) in [6.07, 6.45) is 2.71. The molecule has 5 heteroatoms. The first-order valence-electron chi connectivity index (χ1n) is 8.25. The lowest BCUT2D eigenvalue weighted by Gasteiger charge is -2.35. The van der Waals surface area contributed by atoms with Crippen molar-refractivity contribution in [3.63, 3.8) is 0 Å². The van der Waals surface area contributed by atoms with E-state index >= 15 is 0 Å². The summed E-state index contributed by atoms with van der Waals surface area (Å²) < 4.78 is 33.4. The van der Waals surface area contributed by atoms with Gasteiger partial charge < -0.3 is 4.74 Å². The Hall–Kier alpha value is -1.85. The SMILES string of the molecule is COc1ccccc1[C@@H]1CCCCN1S(=O)(=O)c1ccc(C)cc1. The Labute approximate surface area is 144 Å². The first-order chi connectivity index (χ1) is 11.5. The van der Waals surface area contributed by atoms with E-state index in [4.69, 9.17) is 4.74 Å². The van der Waals surface area contributed by atoms with Crippen molar-refractivity contribution in [2.75, 3.05) is 13.7 Å². The van der Waals surface area contributed by atoms with Crippen LogP contribution in [0.4, 0.5) is 0 Å². The van der Waals surface area contributed by atoms with Gasteiger partial charge in [-0.05, 0) is 38.0 Å². The molecule has 0 unspecified atom stereocenters. The summed E-state index contributed by atoms with van der Waals surface area (Å²) >= 11 is 0. The molecule has 1 saturated heterocycles. The molecule has 1 fully saturated rings. The van der Waals surface area contributed by atoms with E-state index in [9.17, 15) is 8.42 Å². The second-order valence-electron chi connectivity index (χ2n) is 6.18. The van der Waals surface area contributed by atoms with E-state index in [1.54, 1.807) is 23.5 Å². The minimum Gasteiger partial charge on any atom is -0.496 e. The van der Waals surface area contributed by atoms with Gasteiger partial charge >= 0.3 is 0 Å². The van der Waals surface area contributed by atoms with Crippen molar-refractivity contribution in [3.05, 3.63) is 59.7 Å². The minimum atomic E-state index is -3.52. The van der Waals surface area contributed by atoms with Crippen LogP contribution in [0, 0.1) is 6.92 Å². The lowest BCUT2D eigenvalue weighted by atomic mass is 9.97.